The maximum Gasteiger partial charge on any atom is 0.306 e. The molecule has 0 saturated heterocycles. The van der Waals surface area contributed by atoms with Gasteiger partial charge in [-0.1, -0.05) is 147 Å². The van der Waals surface area contributed by atoms with Crippen molar-refractivity contribution >= 4 is 17.7 Å². The van der Waals surface area contributed by atoms with Crippen molar-refractivity contribution in [3.63, 3.8) is 0 Å². The van der Waals surface area contributed by atoms with Crippen molar-refractivity contribution in [2.75, 3.05) is 6.61 Å². The maximum atomic E-state index is 12.6. The van der Waals surface area contributed by atoms with Crippen LogP contribution in [0.3, 0.4) is 0 Å². The molecule has 0 fully saturated rings. The lowest BCUT2D eigenvalue weighted by atomic mass is 10.0. The molecular weight excluding hydrogens is 564 g/mol. The second-order valence-corrected chi connectivity index (χ2v) is 12.7. The van der Waals surface area contributed by atoms with Crippen molar-refractivity contribution in [1.82, 2.24) is 0 Å². The van der Waals surface area contributed by atoms with Gasteiger partial charge in [-0.15, -0.1) is 0 Å². The van der Waals surface area contributed by atoms with Gasteiger partial charge in [-0.2, -0.15) is 0 Å². The number of carbonyl (C=O) groups is 3. The van der Waals surface area contributed by atoms with Gasteiger partial charge in [-0.3, -0.25) is 14.4 Å². The highest BCUT2D eigenvalue weighted by atomic mass is 16.6. The standard InChI is InChI=1S/C39H70O6/c1-4-6-8-10-12-14-16-18-19-21-22-24-26-28-30-32-36(41)39(43)37(34-44-35(3)40)45-38(42)33-31-29-27-25-23-20-17-15-13-11-9-7-5-2/h12,14,18-19,37,39,43H,4-11,13,15-17,20-34H2,1-3H3/b14-12-,19-18-. The number of rotatable bonds is 33. The van der Waals surface area contributed by atoms with Crippen LogP contribution in [-0.4, -0.2) is 41.6 Å². The molecule has 0 aliphatic carbocycles. The van der Waals surface area contributed by atoms with Gasteiger partial charge < -0.3 is 14.6 Å². The van der Waals surface area contributed by atoms with E-state index in [9.17, 15) is 19.5 Å². The van der Waals surface area contributed by atoms with Crippen molar-refractivity contribution < 1.29 is 29.0 Å². The molecule has 6 nitrogen and oxygen atoms in total. The molecule has 0 amide bonds. The minimum atomic E-state index is -1.48. The molecule has 0 heterocycles. The summed E-state index contributed by atoms with van der Waals surface area (Å²) in [7, 11) is 0. The van der Waals surface area contributed by atoms with E-state index in [-0.39, 0.29) is 25.2 Å². The Balaban J connectivity index is 4.06. The second kappa shape index (κ2) is 33.4. The Morgan fingerprint density at radius 2 is 1.00 bits per heavy atom. The monoisotopic (exact) mass is 635 g/mol. The summed E-state index contributed by atoms with van der Waals surface area (Å²) in [5.41, 5.74) is 0. The third-order valence-corrected chi connectivity index (χ3v) is 8.27. The molecule has 0 aromatic rings. The Labute approximate surface area is 277 Å². The molecular formula is C39H70O6. The topological polar surface area (TPSA) is 89.9 Å². The number of unbranched alkanes of at least 4 members (excludes halogenated alkanes) is 20. The predicted molar refractivity (Wildman–Crippen MR) is 187 cm³/mol. The molecule has 0 aliphatic rings. The molecule has 0 aromatic heterocycles. The van der Waals surface area contributed by atoms with E-state index in [4.69, 9.17) is 9.47 Å². The van der Waals surface area contributed by atoms with E-state index in [1.54, 1.807) is 0 Å². The number of allylic oxidation sites excluding steroid dienone is 4. The summed E-state index contributed by atoms with van der Waals surface area (Å²) in [6, 6.07) is 0. The van der Waals surface area contributed by atoms with E-state index in [1.165, 1.54) is 96.8 Å². The zero-order valence-electron chi connectivity index (χ0n) is 29.5. The molecule has 2 unspecified atom stereocenters. The summed E-state index contributed by atoms with van der Waals surface area (Å²) in [4.78, 5) is 36.4. The van der Waals surface area contributed by atoms with E-state index >= 15 is 0 Å². The Kier molecular flexibility index (Phi) is 32.0. The van der Waals surface area contributed by atoms with Crippen LogP contribution in [0.4, 0.5) is 0 Å². The number of aliphatic hydroxyl groups excluding tert-OH is 1. The van der Waals surface area contributed by atoms with Crippen molar-refractivity contribution in [1.29, 1.82) is 0 Å². The summed E-state index contributed by atoms with van der Waals surface area (Å²) < 4.78 is 10.4. The molecule has 0 radical (unpaired) electrons. The molecule has 262 valence electrons. The molecule has 45 heavy (non-hydrogen) atoms. The van der Waals surface area contributed by atoms with Gasteiger partial charge in [-0.25, -0.2) is 0 Å². The van der Waals surface area contributed by atoms with Crippen LogP contribution in [0.5, 0.6) is 0 Å². The average molecular weight is 635 g/mol. The van der Waals surface area contributed by atoms with Gasteiger partial charge in [0.25, 0.3) is 0 Å². The molecule has 2 atom stereocenters. The third kappa shape index (κ3) is 30.5. The molecule has 0 saturated carbocycles. The highest BCUT2D eigenvalue weighted by molar-refractivity contribution is 5.84. The Hall–Kier alpha value is -1.95. The van der Waals surface area contributed by atoms with Gasteiger partial charge in [0.1, 0.15) is 6.61 Å². The molecule has 0 aliphatic heterocycles. The highest BCUT2D eigenvalue weighted by Crippen LogP contribution is 2.15. The number of Topliss-reactive ketones (excluding diaryl/α,β-unsaturated/α-hetero) is 1. The lowest BCUT2D eigenvalue weighted by Crippen LogP contribution is -2.41. The van der Waals surface area contributed by atoms with Crippen LogP contribution in [0.2, 0.25) is 0 Å². The minimum Gasteiger partial charge on any atom is -0.462 e. The second-order valence-electron chi connectivity index (χ2n) is 12.7. The first-order valence-electron chi connectivity index (χ1n) is 18.8. The predicted octanol–water partition coefficient (Wildman–Crippen LogP) is 10.7. The van der Waals surface area contributed by atoms with Crippen LogP contribution in [0.25, 0.3) is 0 Å². The number of ether oxygens (including phenoxy) is 2. The normalized spacial score (nSPS) is 13.0. The van der Waals surface area contributed by atoms with Gasteiger partial charge in [0.15, 0.2) is 18.0 Å². The number of ketones is 1. The Bertz CT molecular complexity index is 759. The van der Waals surface area contributed by atoms with Crippen LogP contribution >= 0.6 is 0 Å². The largest absolute Gasteiger partial charge is 0.462 e. The van der Waals surface area contributed by atoms with Gasteiger partial charge >= 0.3 is 11.9 Å². The van der Waals surface area contributed by atoms with Crippen LogP contribution in [0.15, 0.2) is 24.3 Å². The quantitative estimate of drug-likeness (QED) is 0.0439. The lowest BCUT2D eigenvalue weighted by Gasteiger charge is -2.22. The fraction of sp³-hybridized carbons (Fsp3) is 0.821. The number of carbonyl (C=O) groups excluding carboxylic acids is 3. The summed E-state index contributed by atoms with van der Waals surface area (Å²) in [6.07, 6.45) is 34.7. The first-order chi connectivity index (χ1) is 21.9. The molecule has 1 N–H and O–H groups in total. The molecule has 0 rings (SSSR count). The fourth-order valence-electron chi connectivity index (χ4n) is 5.37. The molecule has 0 aromatic carbocycles. The molecule has 0 spiro atoms. The summed E-state index contributed by atoms with van der Waals surface area (Å²) >= 11 is 0. The number of hydrogen-bond donors (Lipinski definition) is 1. The third-order valence-electron chi connectivity index (χ3n) is 8.27. The van der Waals surface area contributed by atoms with Crippen molar-refractivity contribution in [2.24, 2.45) is 0 Å². The molecule has 6 heteroatoms. The fourth-order valence-corrected chi connectivity index (χ4v) is 5.37. The Morgan fingerprint density at radius 1 is 0.578 bits per heavy atom. The number of esters is 2. The number of hydrogen-bond acceptors (Lipinski definition) is 6. The van der Waals surface area contributed by atoms with Crippen LogP contribution in [0, 0.1) is 0 Å². The van der Waals surface area contributed by atoms with Gasteiger partial charge in [0, 0.05) is 19.8 Å². The smallest absolute Gasteiger partial charge is 0.306 e. The van der Waals surface area contributed by atoms with Crippen molar-refractivity contribution in [3.05, 3.63) is 24.3 Å². The van der Waals surface area contributed by atoms with Gasteiger partial charge in [-0.05, 0) is 44.9 Å². The van der Waals surface area contributed by atoms with Crippen LogP contribution in [-0.2, 0) is 23.9 Å². The zero-order chi connectivity index (χ0) is 33.2. The van der Waals surface area contributed by atoms with Crippen LogP contribution < -0.4 is 0 Å². The Morgan fingerprint density at radius 3 is 1.51 bits per heavy atom. The summed E-state index contributed by atoms with van der Waals surface area (Å²) in [5.74, 6) is -1.37. The van der Waals surface area contributed by atoms with Crippen molar-refractivity contribution in [2.45, 2.75) is 200 Å². The zero-order valence-corrected chi connectivity index (χ0v) is 29.5. The maximum absolute atomic E-state index is 12.6. The molecule has 0 bridgehead atoms. The first-order valence-corrected chi connectivity index (χ1v) is 18.8. The number of aliphatic hydroxyl groups is 1. The van der Waals surface area contributed by atoms with Crippen LogP contribution in [0.1, 0.15) is 188 Å². The highest BCUT2D eigenvalue weighted by Gasteiger charge is 2.30. The SMILES string of the molecule is CCCCC/C=C\C/C=C\CCCCCCCC(=O)C(O)C(COC(C)=O)OC(=O)CCCCCCCCCCCCCCC. The van der Waals surface area contributed by atoms with E-state index in [0.29, 0.717) is 12.8 Å². The van der Waals surface area contributed by atoms with Gasteiger partial charge in [0.2, 0.25) is 0 Å². The minimum absolute atomic E-state index is 0.221. The van der Waals surface area contributed by atoms with E-state index in [1.807, 2.05) is 0 Å². The first kappa shape index (κ1) is 43.0. The van der Waals surface area contributed by atoms with E-state index < -0.39 is 24.1 Å². The van der Waals surface area contributed by atoms with Crippen molar-refractivity contribution in [3.8, 4) is 0 Å². The summed E-state index contributed by atoms with van der Waals surface area (Å²) in [6.45, 7) is 5.42. The lowest BCUT2D eigenvalue weighted by molar-refractivity contribution is -0.168. The van der Waals surface area contributed by atoms with Gasteiger partial charge in [0.05, 0.1) is 0 Å². The average Bonchev–Trinajstić information content (AvgIpc) is 3.02. The summed E-state index contributed by atoms with van der Waals surface area (Å²) in [5, 5.41) is 10.6. The van der Waals surface area contributed by atoms with E-state index in [2.05, 4.69) is 38.2 Å². The van der Waals surface area contributed by atoms with E-state index in [0.717, 1.165) is 51.4 Å².